The highest BCUT2D eigenvalue weighted by atomic mass is 35.5. The molecule has 0 aromatic heterocycles. The van der Waals surface area contributed by atoms with Crippen LogP contribution < -0.4 is 5.32 Å². The Bertz CT molecular complexity index is 351. The maximum Gasteiger partial charge on any atom is 0.0898 e. The number of hydrogen-bond donors (Lipinski definition) is 2. The SMILES string of the molecule is CCC(OCC(O)CNC(C)(C)C)c1ccccc1.Cl. The summed E-state index contributed by atoms with van der Waals surface area (Å²) >= 11 is 0. The Morgan fingerprint density at radius 1 is 1.20 bits per heavy atom. The molecule has 116 valence electrons. The third-order valence-corrected chi connectivity index (χ3v) is 2.90. The number of rotatable bonds is 7. The Morgan fingerprint density at radius 2 is 1.80 bits per heavy atom. The molecule has 0 spiro atoms. The lowest BCUT2D eigenvalue weighted by Gasteiger charge is -2.24. The van der Waals surface area contributed by atoms with E-state index in [1.807, 2.05) is 18.2 Å². The molecule has 3 nitrogen and oxygen atoms in total. The van der Waals surface area contributed by atoms with Crippen molar-refractivity contribution in [1.29, 1.82) is 0 Å². The van der Waals surface area contributed by atoms with E-state index in [1.165, 1.54) is 5.56 Å². The number of aliphatic hydroxyl groups excluding tert-OH is 1. The minimum atomic E-state index is -0.475. The van der Waals surface area contributed by atoms with Crippen LogP contribution in [-0.2, 0) is 4.74 Å². The summed E-state index contributed by atoms with van der Waals surface area (Å²) in [7, 11) is 0. The summed E-state index contributed by atoms with van der Waals surface area (Å²) in [6, 6.07) is 10.2. The molecule has 0 aliphatic rings. The maximum atomic E-state index is 9.92. The van der Waals surface area contributed by atoms with Crippen LogP contribution >= 0.6 is 12.4 Å². The molecule has 2 atom stereocenters. The fourth-order valence-electron chi connectivity index (χ4n) is 1.83. The van der Waals surface area contributed by atoms with E-state index in [-0.39, 0.29) is 24.0 Å². The van der Waals surface area contributed by atoms with Crippen molar-refractivity contribution in [1.82, 2.24) is 5.32 Å². The topological polar surface area (TPSA) is 41.5 Å². The number of benzene rings is 1. The Hall–Kier alpha value is -0.610. The predicted octanol–water partition coefficient (Wildman–Crippen LogP) is 3.33. The van der Waals surface area contributed by atoms with Crippen molar-refractivity contribution in [3.8, 4) is 0 Å². The van der Waals surface area contributed by atoms with E-state index in [4.69, 9.17) is 4.74 Å². The number of aliphatic hydroxyl groups is 1. The average molecular weight is 302 g/mol. The van der Waals surface area contributed by atoms with Gasteiger partial charge in [0.25, 0.3) is 0 Å². The number of halogens is 1. The Kier molecular flexibility index (Phi) is 9.06. The van der Waals surface area contributed by atoms with Gasteiger partial charge < -0.3 is 15.2 Å². The first kappa shape index (κ1) is 19.4. The molecule has 0 aliphatic carbocycles. The first-order chi connectivity index (χ1) is 8.92. The molecule has 0 fully saturated rings. The summed E-state index contributed by atoms with van der Waals surface area (Å²) in [5.74, 6) is 0. The zero-order chi connectivity index (χ0) is 14.3. The van der Waals surface area contributed by atoms with E-state index < -0.39 is 6.10 Å². The van der Waals surface area contributed by atoms with Gasteiger partial charge in [0.1, 0.15) is 0 Å². The van der Waals surface area contributed by atoms with Gasteiger partial charge in [-0.15, -0.1) is 12.4 Å². The lowest BCUT2D eigenvalue weighted by Crippen LogP contribution is -2.42. The van der Waals surface area contributed by atoms with Crippen LogP contribution in [0.2, 0.25) is 0 Å². The second-order valence-electron chi connectivity index (χ2n) is 5.93. The average Bonchev–Trinajstić information content (AvgIpc) is 2.37. The van der Waals surface area contributed by atoms with Gasteiger partial charge in [-0.05, 0) is 32.8 Å². The van der Waals surface area contributed by atoms with Crippen molar-refractivity contribution < 1.29 is 9.84 Å². The van der Waals surface area contributed by atoms with Gasteiger partial charge in [-0.1, -0.05) is 37.3 Å². The van der Waals surface area contributed by atoms with Gasteiger partial charge in [-0.3, -0.25) is 0 Å². The summed E-state index contributed by atoms with van der Waals surface area (Å²) in [5, 5.41) is 13.2. The highest BCUT2D eigenvalue weighted by molar-refractivity contribution is 5.85. The fraction of sp³-hybridized carbons (Fsp3) is 0.625. The largest absolute Gasteiger partial charge is 0.389 e. The summed E-state index contributed by atoms with van der Waals surface area (Å²) in [5.41, 5.74) is 1.19. The van der Waals surface area contributed by atoms with E-state index in [0.29, 0.717) is 13.2 Å². The van der Waals surface area contributed by atoms with Crippen LogP contribution in [0.1, 0.15) is 45.8 Å². The molecule has 0 aliphatic heterocycles. The molecule has 20 heavy (non-hydrogen) atoms. The fourth-order valence-corrected chi connectivity index (χ4v) is 1.83. The Morgan fingerprint density at radius 3 is 2.30 bits per heavy atom. The van der Waals surface area contributed by atoms with Crippen molar-refractivity contribution in [3.63, 3.8) is 0 Å². The van der Waals surface area contributed by atoms with E-state index >= 15 is 0 Å². The van der Waals surface area contributed by atoms with Crippen LogP contribution in [0.15, 0.2) is 30.3 Å². The van der Waals surface area contributed by atoms with Gasteiger partial charge in [0.05, 0.1) is 18.8 Å². The summed E-state index contributed by atoms with van der Waals surface area (Å²) < 4.78 is 5.81. The summed E-state index contributed by atoms with van der Waals surface area (Å²) in [6.07, 6.45) is 0.492. The van der Waals surface area contributed by atoms with Gasteiger partial charge in [0, 0.05) is 12.1 Å². The van der Waals surface area contributed by atoms with Crippen molar-refractivity contribution in [2.75, 3.05) is 13.2 Å². The number of ether oxygens (including phenoxy) is 1. The minimum Gasteiger partial charge on any atom is -0.389 e. The van der Waals surface area contributed by atoms with Crippen LogP contribution in [0.3, 0.4) is 0 Å². The molecule has 0 bridgehead atoms. The minimum absolute atomic E-state index is 0. The molecule has 1 aromatic carbocycles. The van der Waals surface area contributed by atoms with Crippen molar-refractivity contribution in [2.45, 2.75) is 51.9 Å². The molecule has 0 saturated carbocycles. The first-order valence-corrected chi connectivity index (χ1v) is 7.02. The zero-order valence-electron chi connectivity index (χ0n) is 12.9. The van der Waals surface area contributed by atoms with Crippen molar-refractivity contribution in [2.24, 2.45) is 0 Å². The molecule has 0 radical (unpaired) electrons. The van der Waals surface area contributed by atoms with Crippen molar-refractivity contribution in [3.05, 3.63) is 35.9 Å². The molecular weight excluding hydrogens is 274 g/mol. The van der Waals surface area contributed by atoms with E-state index in [9.17, 15) is 5.11 Å². The summed E-state index contributed by atoms with van der Waals surface area (Å²) in [4.78, 5) is 0. The summed E-state index contributed by atoms with van der Waals surface area (Å²) in [6.45, 7) is 9.25. The lowest BCUT2D eigenvalue weighted by atomic mass is 10.1. The molecular formula is C16H28ClNO2. The second-order valence-corrected chi connectivity index (χ2v) is 5.93. The van der Waals surface area contributed by atoms with Gasteiger partial charge >= 0.3 is 0 Å². The number of β-amino-alcohol motifs (C(OH)–C–C–N with tert-alkyl or cyclic N) is 1. The van der Waals surface area contributed by atoms with Gasteiger partial charge in [0.15, 0.2) is 0 Å². The smallest absolute Gasteiger partial charge is 0.0898 e. The Labute approximate surface area is 129 Å². The first-order valence-electron chi connectivity index (χ1n) is 7.02. The maximum absolute atomic E-state index is 9.92. The third kappa shape index (κ3) is 7.85. The van der Waals surface area contributed by atoms with Gasteiger partial charge in [-0.25, -0.2) is 0 Å². The van der Waals surface area contributed by atoms with E-state index in [1.54, 1.807) is 0 Å². The Balaban J connectivity index is 0.00000361. The predicted molar refractivity (Wildman–Crippen MR) is 86.4 cm³/mol. The quantitative estimate of drug-likeness (QED) is 0.812. The van der Waals surface area contributed by atoms with Crippen LogP contribution in [0.4, 0.5) is 0 Å². The molecule has 2 unspecified atom stereocenters. The lowest BCUT2D eigenvalue weighted by molar-refractivity contribution is -0.0130. The van der Waals surface area contributed by atoms with Gasteiger partial charge in [0.2, 0.25) is 0 Å². The highest BCUT2D eigenvalue weighted by Gasteiger charge is 2.15. The number of hydrogen-bond acceptors (Lipinski definition) is 3. The highest BCUT2D eigenvalue weighted by Crippen LogP contribution is 2.20. The van der Waals surface area contributed by atoms with Gasteiger partial charge in [-0.2, -0.15) is 0 Å². The molecule has 1 aromatic rings. The zero-order valence-corrected chi connectivity index (χ0v) is 13.7. The van der Waals surface area contributed by atoms with Crippen LogP contribution in [-0.4, -0.2) is 29.9 Å². The molecule has 4 heteroatoms. The number of nitrogens with one attached hydrogen (secondary N) is 1. The van der Waals surface area contributed by atoms with Crippen LogP contribution in [0.25, 0.3) is 0 Å². The monoisotopic (exact) mass is 301 g/mol. The molecule has 1 rings (SSSR count). The van der Waals surface area contributed by atoms with Crippen LogP contribution in [0.5, 0.6) is 0 Å². The second kappa shape index (κ2) is 9.35. The third-order valence-electron chi connectivity index (χ3n) is 2.90. The standard InChI is InChI=1S/C16H27NO2.ClH/c1-5-15(13-9-7-6-8-10-13)19-12-14(18)11-17-16(2,3)4;/h6-10,14-15,17-18H,5,11-12H2,1-4H3;1H. The molecule has 2 N–H and O–H groups in total. The van der Waals surface area contributed by atoms with Crippen LogP contribution in [0, 0.1) is 0 Å². The molecule has 0 amide bonds. The van der Waals surface area contributed by atoms with E-state index in [0.717, 1.165) is 6.42 Å². The molecule has 0 heterocycles. The molecule has 0 saturated heterocycles. The van der Waals surface area contributed by atoms with Crippen molar-refractivity contribution >= 4 is 12.4 Å². The normalized spacial score (nSPS) is 14.4. The van der Waals surface area contributed by atoms with E-state index in [2.05, 4.69) is 45.1 Å².